The predicted molar refractivity (Wildman–Crippen MR) is 81.1 cm³/mol. The standard InChI is InChI=1S/C19H27F/c1-18-9-3-4-16(18)15-6-5-13-12-14(20)7-11-19(13,2)17(15)8-10-18/h3,5,9,14-17H,4,6-8,10-12H2,1-2H3/t14-,15+,16+,17+,18+,19+/m1/s1. The minimum absolute atomic E-state index is 0.315. The highest BCUT2D eigenvalue weighted by Gasteiger charge is 2.54. The molecular formula is C19H27F. The molecule has 0 radical (unpaired) electrons. The first-order valence-electron chi connectivity index (χ1n) is 8.54. The summed E-state index contributed by atoms with van der Waals surface area (Å²) >= 11 is 0. The van der Waals surface area contributed by atoms with Gasteiger partial charge in [-0.2, -0.15) is 0 Å². The maximum absolute atomic E-state index is 13.8. The van der Waals surface area contributed by atoms with Crippen LogP contribution in [-0.4, -0.2) is 6.17 Å². The van der Waals surface area contributed by atoms with Gasteiger partial charge in [-0.1, -0.05) is 37.6 Å². The van der Waals surface area contributed by atoms with E-state index in [0.29, 0.717) is 10.8 Å². The van der Waals surface area contributed by atoms with Gasteiger partial charge in [0, 0.05) is 6.42 Å². The lowest BCUT2D eigenvalue weighted by atomic mass is 9.48. The fourth-order valence-corrected chi connectivity index (χ4v) is 6.10. The molecule has 2 fully saturated rings. The summed E-state index contributed by atoms with van der Waals surface area (Å²) in [6, 6.07) is 0. The molecule has 0 spiro atoms. The van der Waals surface area contributed by atoms with E-state index in [9.17, 15) is 4.39 Å². The van der Waals surface area contributed by atoms with E-state index >= 15 is 0 Å². The van der Waals surface area contributed by atoms with Crippen LogP contribution in [0.15, 0.2) is 23.8 Å². The topological polar surface area (TPSA) is 0 Å². The van der Waals surface area contributed by atoms with Gasteiger partial charge in [0.15, 0.2) is 0 Å². The van der Waals surface area contributed by atoms with Crippen LogP contribution in [0.3, 0.4) is 0 Å². The number of hydrogen-bond acceptors (Lipinski definition) is 0. The number of rotatable bonds is 0. The Morgan fingerprint density at radius 2 is 1.95 bits per heavy atom. The summed E-state index contributed by atoms with van der Waals surface area (Å²) in [5.41, 5.74) is 2.24. The van der Waals surface area contributed by atoms with Crippen molar-refractivity contribution in [3.05, 3.63) is 23.8 Å². The lowest BCUT2D eigenvalue weighted by Gasteiger charge is -2.57. The average molecular weight is 274 g/mol. The molecule has 0 bridgehead atoms. The molecule has 1 heteroatoms. The molecule has 2 saturated carbocycles. The predicted octanol–water partition coefficient (Wildman–Crippen LogP) is 5.45. The molecule has 0 saturated heterocycles. The Morgan fingerprint density at radius 3 is 2.80 bits per heavy atom. The van der Waals surface area contributed by atoms with Gasteiger partial charge in [0.25, 0.3) is 0 Å². The van der Waals surface area contributed by atoms with Crippen molar-refractivity contribution in [1.29, 1.82) is 0 Å². The van der Waals surface area contributed by atoms with Crippen molar-refractivity contribution in [3.8, 4) is 0 Å². The van der Waals surface area contributed by atoms with Gasteiger partial charge < -0.3 is 0 Å². The molecule has 0 N–H and O–H groups in total. The molecule has 0 aromatic rings. The maximum atomic E-state index is 13.8. The van der Waals surface area contributed by atoms with Gasteiger partial charge >= 0.3 is 0 Å². The van der Waals surface area contributed by atoms with E-state index in [4.69, 9.17) is 0 Å². The normalized spacial score (nSPS) is 53.9. The highest BCUT2D eigenvalue weighted by molar-refractivity contribution is 5.26. The molecular weight excluding hydrogens is 247 g/mol. The molecule has 0 nitrogen and oxygen atoms in total. The van der Waals surface area contributed by atoms with Gasteiger partial charge in [0.2, 0.25) is 0 Å². The molecule has 6 atom stereocenters. The first-order valence-corrected chi connectivity index (χ1v) is 8.54. The summed E-state index contributed by atoms with van der Waals surface area (Å²) in [4.78, 5) is 0. The maximum Gasteiger partial charge on any atom is 0.104 e. The van der Waals surface area contributed by atoms with E-state index in [1.807, 2.05) is 0 Å². The SMILES string of the molecule is C[C@@]12C=CC[C@H]1[C@@H]1CC=C3C[C@H](F)CC[C@]3(C)[C@H]1CC2. The average Bonchev–Trinajstić information content (AvgIpc) is 2.81. The smallest absolute Gasteiger partial charge is 0.104 e. The molecule has 0 aliphatic heterocycles. The lowest BCUT2D eigenvalue weighted by Crippen LogP contribution is -2.49. The molecule has 4 aliphatic rings. The summed E-state index contributed by atoms with van der Waals surface area (Å²) in [6.45, 7) is 4.92. The molecule has 0 unspecified atom stereocenters. The van der Waals surface area contributed by atoms with Gasteiger partial charge in [-0.25, -0.2) is 4.39 Å². The van der Waals surface area contributed by atoms with Crippen LogP contribution >= 0.6 is 0 Å². The van der Waals surface area contributed by atoms with E-state index in [2.05, 4.69) is 32.1 Å². The summed E-state index contributed by atoms with van der Waals surface area (Å²) in [6.07, 6.45) is 14.6. The van der Waals surface area contributed by atoms with E-state index < -0.39 is 6.17 Å². The lowest BCUT2D eigenvalue weighted by molar-refractivity contribution is -0.0194. The molecule has 20 heavy (non-hydrogen) atoms. The minimum Gasteiger partial charge on any atom is -0.247 e. The van der Waals surface area contributed by atoms with Crippen LogP contribution in [0.1, 0.15) is 58.8 Å². The Labute approximate surface area is 122 Å². The second kappa shape index (κ2) is 4.21. The van der Waals surface area contributed by atoms with E-state index in [-0.39, 0.29) is 0 Å². The van der Waals surface area contributed by atoms with Crippen LogP contribution in [0.25, 0.3) is 0 Å². The van der Waals surface area contributed by atoms with E-state index in [1.165, 1.54) is 31.3 Å². The van der Waals surface area contributed by atoms with Crippen LogP contribution in [0, 0.1) is 28.6 Å². The third-order valence-electron chi connectivity index (χ3n) is 7.37. The quantitative estimate of drug-likeness (QED) is 0.515. The van der Waals surface area contributed by atoms with Crippen LogP contribution in [0.4, 0.5) is 4.39 Å². The molecule has 0 amide bonds. The molecule has 4 rings (SSSR count). The summed E-state index contributed by atoms with van der Waals surface area (Å²) in [5, 5.41) is 0. The van der Waals surface area contributed by atoms with Crippen molar-refractivity contribution in [2.45, 2.75) is 65.0 Å². The summed E-state index contributed by atoms with van der Waals surface area (Å²) in [5.74, 6) is 2.50. The molecule has 0 aromatic carbocycles. The Hall–Kier alpha value is -0.590. The molecule has 0 heterocycles. The number of allylic oxidation sites excluding steroid dienone is 4. The van der Waals surface area contributed by atoms with Gasteiger partial charge in [-0.3, -0.25) is 0 Å². The Kier molecular flexibility index (Phi) is 2.76. The van der Waals surface area contributed by atoms with Crippen LogP contribution < -0.4 is 0 Å². The van der Waals surface area contributed by atoms with Gasteiger partial charge in [-0.15, -0.1) is 0 Å². The van der Waals surface area contributed by atoms with Crippen molar-refractivity contribution < 1.29 is 4.39 Å². The van der Waals surface area contributed by atoms with Crippen molar-refractivity contribution in [3.63, 3.8) is 0 Å². The molecule has 110 valence electrons. The monoisotopic (exact) mass is 274 g/mol. The Balaban J connectivity index is 1.68. The van der Waals surface area contributed by atoms with E-state index in [1.54, 1.807) is 0 Å². The molecule has 0 aromatic heterocycles. The number of fused-ring (bicyclic) bond motifs is 5. The second-order valence-electron chi connectivity index (χ2n) is 8.28. The van der Waals surface area contributed by atoms with E-state index in [0.717, 1.165) is 37.0 Å². The zero-order valence-electron chi connectivity index (χ0n) is 12.9. The fraction of sp³-hybridized carbons (Fsp3) is 0.789. The third-order valence-corrected chi connectivity index (χ3v) is 7.37. The van der Waals surface area contributed by atoms with Crippen molar-refractivity contribution in [2.75, 3.05) is 0 Å². The van der Waals surface area contributed by atoms with Crippen LogP contribution in [-0.2, 0) is 0 Å². The Bertz CT molecular complexity index is 476. The molecule has 4 aliphatic carbocycles. The summed E-state index contributed by atoms with van der Waals surface area (Å²) < 4.78 is 13.8. The Morgan fingerprint density at radius 1 is 1.10 bits per heavy atom. The highest BCUT2D eigenvalue weighted by atomic mass is 19.1. The second-order valence-corrected chi connectivity index (χ2v) is 8.28. The zero-order valence-corrected chi connectivity index (χ0v) is 12.9. The summed E-state index contributed by atoms with van der Waals surface area (Å²) in [7, 11) is 0. The van der Waals surface area contributed by atoms with Crippen molar-refractivity contribution in [1.82, 2.24) is 0 Å². The van der Waals surface area contributed by atoms with Crippen molar-refractivity contribution >= 4 is 0 Å². The first-order chi connectivity index (χ1) is 9.53. The number of hydrogen-bond donors (Lipinski definition) is 0. The van der Waals surface area contributed by atoms with Gasteiger partial charge in [0.05, 0.1) is 0 Å². The van der Waals surface area contributed by atoms with Gasteiger partial charge in [-0.05, 0) is 67.1 Å². The largest absolute Gasteiger partial charge is 0.247 e. The first kappa shape index (κ1) is 13.1. The van der Waals surface area contributed by atoms with Gasteiger partial charge in [0.1, 0.15) is 6.17 Å². The zero-order chi connectivity index (χ0) is 14.0. The fourth-order valence-electron chi connectivity index (χ4n) is 6.10. The van der Waals surface area contributed by atoms with Crippen LogP contribution in [0.2, 0.25) is 0 Å². The van der Waals surface area contributed by atoms with Crippen LogP contribution in [0.5, 0.6) is 0 Å². The third kappa shape index (κ3) is 1.64. The number of halogens is 1. The highest BCUT2D eigenvalue weighted by Crippen LogP contribution is 2.63. The minimum atomic E-state index is -0.576. The van der Waals surface area contributed by atoms with Crippen molar-refractivity contribution in [2.24, 2.45) is 28.6 Å². The number of alkyl halides is 1.